The summed E-state index contributed by atoms with van der Waals surface area (Å²) in [7, 11) is 1.84. The maximum absolute atomic E-state index is 14.0. The Bertz CT molecular complexity index is 930. The third-order valence-electron chi connectivity index (χ3n) is 3.95. The molecule has 3 rings (SSSR count). The van der Waals surface area contributed by atoms with E-state index in [1.165, 1.54) is 6.07 Å². The molecule has 1 heterocycles. The van der Waals surface area contributed by atoms with Gasteiger partial charge in [0.05, 0.1) is 23.1 Å². The van der Waals surface area contributed by atoms with E-state index in [4.69, 9.17) is 0 Å². The molecule has 0 spiro atoms. The van der Waals surface area contributed by atoms with Crippen molar-refractivity contribution in [2.45, 2.75) is 6.92 Å². The minimum absolute atomic E-state index is 0.274. The lowest BCUT2D eigenvalue weighted by Gasteiger charge is -2.25. The Kier molecular flexibility index (Phi) is 4.49. The summed E-state index contributed by atoms with van der Waals surface area (Å²) in [5.41, 5.74) is 3.35. The van der Waals surface area contributed by atoms with Crippen molar-refractivity contribution in [2.75, 3.05) is 17.3 Å². The number of fused-ring (bicyclic) bond motifs is 1. The fourth-order valence-corrected chi connectivity index (χ4v) is 3.12. The highest BCUT2D eigenvalue weighted by molar-refractivity contribution is 9.10. The number of anilines is 3. The van der Waals surface area contributed by atoms with Crippen molar-refractivity contribution in [1.82, 2.24) is 4.98 Å². The van der Waals surface area contributed by atoms with Crippen molar-refractivity contribution in [3.63, 3.8) is 0 Å². The molecule has 6 heteroatoms. The topological polar surface area (TPSA) is 45.2 Å². The van der Waals surface area contributed by atoms with Crippen LogP contribution >= 0.6 is 15.9 Å². The zero-order chi connectivity index (χ0) is 17.3. The highest BCUT2D eigenvalue weighted by Gasteiger charge is 2.17. The summed E-state index contributed by atoms with van der Waals surface area (Å²) in [6.07, 6.45) is 2.21. The number of pyridine rings is 1. The van der Waals surface area contributed by atoms with Crippen LogP contribution in [0.25, 0.3) is 10.9 Å². The van der Waals surface area contributed by atoms with E-state index < -0.39 is 0 Å². The molecule has 4 nitrogen and oxygen atoms in total. The number of hydrogen-bond donors (Lipinski definition) is 1. The van der Waals surface area contributed by atoms with Crippen LogP contribution in [0.1, 0.15) is 5.56 Å². The van der Waals surface area contributed by atoms with E-state index in [-0.39, 0.29) is 5.82 Å². The molecule has 0 aliphatic carbocycles. The number of carbonyl (C=O) groups is 1. The standard InChI is InChI=1S/C18H15BrFN3O/c1-11-14(20)4-3-5-17(11)23(2)18-13-8-12(19)6-7-15(13)21-9-16(18)22-10-24/h3-10H,1-2H3,(H,22,24). The Morgan fingerprint density at radius 3 is 2.83 bits per heavy atom. The molecule has 0 unspecified atom stereocenters. The van der Waals surface area contributed by atoms with Crippen molar-refractivity contribution in [3.05, 3.63) is 58.4 Å². The summed E-state index contributed by atoms with van der Waals surface area (Å²) >= 11 is 3.47. The Balaban J connectivity index is 2.29. The molecule has 1 amide bonds. The summed E-state index contributed by atoms with van der Waals surface area (Å²) in [6, 6.07) is 10.7. The normalized spacial score (nSPS) is 10.7. The van der Waals surface area contributed by atoms with E-state index in [9.17, 15) is 9.18 Å². The minimum atomic E-state index is -0.274. The number of hydrogen-bond acceptors (Lipinski definition) is 3. The fourth-order valence-electron chi connectivity index (χ4n) is 2.76. The van der Waals surface area contributed by atoms with Gasteiger partial charge in [0.1, 0.15) is 5.82 Å². The van der Waals surface area contributed by atoms with Crippen molar-refractivity contribution in [1.29, 1.82) is 0 Å². The summed E-state index contributed by atoms with van der Waals surface area (Å²) in [5.74, 6) is -0.274. The molecular formula is C18H15BrFN3O. The first-order valence-electron chi connectivity index (χ1n) is 7.30. The van der Waals surface area contributed by atoms with Gasteiger partial charge in [0.15, 0.2) is 0 Å². The van der Waals surface area contributed by atoms with Gasteiger partial charge in [-0.2, -0.15) is 0 Å². The predicted octanol–water partition coefficient (Wildman–Crippen LogP) is 4.78. The van der Waals surface area contributed by atoms with Gasteiger partial charge in [-0.3, -0.25) is 9.78 Å². The van der Waals surface area contributed by atoms with Crippen LogP contribution in [0.15, 0.2) is 47.1 Å². The maximum Gasteiger partial charge on any atom is 0.211 e. The van der Waals surface area contributed by atoms with Gasteiger partial charge >= 0.3 is 0 Å². The third-order valence-corrected chi connectivity index (χ3v) is 4.45. The van der Waals surface area contributed by atoms with Gasteiger partial charge < -0.3 is 10.2 Å². The molecule has 0 saturated heterocycles. The number of carbonyl (C=O) groups excluding carboxylic acids is 1. The number of rotatable bonds is 4. The molecule has 2 aromatic carbocycles. The average molecular weight is 388 g/mol. The average Bonchev–Trinajstić information content (AvgIpc) is 2.57. The lowest BCUT2D eigenvalue weighted by molar-refractivity contribution is -0.105. The van der Waals surface area contributed by atoms with Crippen LogP contribution in [-0.4, -0.2) is 18.4 Å². The Hall–Kier alpha value is -2.47. The lowest BCUT2D eigenvalue weighted by atomic mass is 10.1. The first kappa shape index (κ1) is 16.4. The van der Waals surface area contributed by atoms with E-state index in [1.54, 1.807) is 19.2 Å². The molecule has 0 radical (unpaired) electrons. The molecule has 0 atom stereocenters. The smallest absolute Gasteiger partial charge is 0.211 e. The summed E-state index contributed by atoms with van der Waals surface area (Å²) in [5, 5.41) is 3.53. The van der Waals surface area contributed by atoms with Gasteiger partial charge in [-0.15, -0.1) is 0 Å². The molecule has 3 aromatic rings. The van der Waals surface area contributed by atoms with Gasteiger partial charge in [-0.05, 0) is 37.3 Å². The van der Waals surface area contributed by atoms with Crippen molar-refractivity contribution in [3.8, 4) is 0 Å². The molecule has 0 fully saturated rings. The second-order valence-electron chi connectivity index (χ2n) is 5.39. The van der Waals surface area contributed by atoms with Crippen LogP contribution in [0.5, 0.6) is 0 Å². The summed E-state index contributed by atoms with van der Waals surface area (Å²) < 4.78 is 14.9. The van der Waals surface area contributed by atoms with Crippen molar-refractivity contribution in [2.24, 2.45) is 0 Å². The molecule has 24 heavy (non-hydrogen) atoms. The zero-order valence-corrected chi connectivity index (χ0v) is 14.8. The molecule has 0 bridgehead atoms. The van der Waals surface area contributed by atoms with Gasteiger partial charge in [-0.25, -0.2) is 4.39 Å². The first-order chi connectivity index (χ1) is 11.5. The van der Waals surface area contributed by atoms with Crippen LogP contribution in [0.3, 0.4) is 0 Å². The minimum Gasteiger partial charge on any atom is -0.342 e. The maximum atomic E-state index is 14.0. The van der Waals surface area contributed by atoms with Crippen LogP contribution in [-0.2, 0) is 4.79 Å². The van der Waals surface area contributed by atoms with Crippen molar-refractivity contribution < 1.29 is 9.18 Å². The number of benzene rings is 2. The van der Waals surface area contributed by atoms with E-state index >= 15 is 0 Å². The number of amides is 1. The highest BCUT2D eigenvalue weighted by atomic mass is 79.9. The first-order valence-corrected chi connectivity index (χ1v) is 8.09. The van der Waals surface area contributed by atoms with E-state index in [2.05, 4.69) is 26.2 Å². The highest BCUT2D eigenvalue weighted by Crippen LogP contribution is 2.38. The Morgan fingerprint density at radius 2 is 2.08 bits per heavy atom. The quantitative estimate of drug-likeness (QED) is 0.655. The molecule has 1 N–H and O–H groups in total. The molecule has 1 aromatic heterocycles. The second-order valence-corrected chi connectivity index (χ2v) is 6.30. The molecule has 0 saturated carbocycles. The van der Waals surface area contributed by atoms with Crippen LogP contribution < -0.4 is 10.2 Å². The van der Waals surface area contributed by atoms with Crippen LogP contribution in [0.4, 0.5) is 21.5 Å². The van der Waals surface area contributed by atoms with E-state index in [1.807, 2.05) is 36.2 Å². The number of aromatic nitrogens is 1. The zero-order valence-electron chi connectivity index (χ0n) is 13.2. The van der Waals surface area contributed by atoms with Gasteiger partial charge in [0.2, 0.25) is 6.41 Å². The number of halogens is 2. The number of nitrogens with one attached hydrogen (secondary N) is 1. The number of nitrogens with zero attached hydrogens (tertiary/aromatic N) is 2. The van der Waals surface area contributed by atoms with Crippen LogP contribution in [0.2, 0.25) is 0 Å². The molecule has 0 aliphatic heterocycles. The molecule has 0 aliphatic rings. The monoisotopic (exact) mass is 387 g/mol. The fraction of sp³-hybridized carbons (Fsp3) is 0.111. The van der Waals surface area contributed by atoms with Gasteiger partial charge in [0.25, 0.3) is 0 Å². The Labute approximate surface area is 147 Å². The van der Waals surface area contributed by atoms with Crippen molar-refractivity contribution >= 4 is 50.3 Å². The lowest BCUT2D eigenvalue weighted by Crippen LogP contribution is -2.15. The Morgan fingerprint density at radius 1 is 1.29 bits per heavy atom. The molecule has 122 valence electrons. The predicted molar refractivity (Wildman–Crippen MR) is 98.3 cm³/mol. The van der Waals surface area contributed by atoms with E-state index in [0.717, 1.165) is 26.8 Å². The van der Waals surface area contributed by atoms with Crippen LogP contribution in [0, 0.1) is 12.7 Å². The second kappa shape index (κ2) is 6.57. The summed E-state index contributed by atoms with van der Waals surface area (Å²) in [4.78, 5) is 17.2. The molecular weight excluding hydrogens is 373 g/mol. The third kappa shape index (κ3) is 2.85. The van der Waals surface area contributed by atoms with E-state index in [0.29, 0.717) is 17.7 Å². The summed E-state index contributed by atoms with van der Waals surface area (Å²) in [6.45, 7) is 1.73. The van der Waals surface area contributed by atoms with Gasteiger partial charge in [-0.1, -0.05) is 22.0 Å². The SMILES string of the molecule is Cc1c(F)cccc1N(C)c1c(NC=O)cnc2ccc(Br)cc12. The van der Waals surface area contributed by atoms with Gasteiger partial charge in [0, 0.05) is 28.2 Å². The largest absolute Gasteiger partial charge is 0.342 e.